The van der Waals surface area contributed by atoms with Crippen molar-refractivity contribution in [2.75, 3.05) is 26.3 Å². The standard InChI is InChI=1S/C17H21N2O3S/c1-15-5-2-3-8-18(15)14-16-6-4-7-17(13-16)23(20,21)19-9-11-22-12-10-19/h2-8,13H,9-12,14H2,1H3/q+1. The van der Waals surface area contributed by atoms with Gasteiger partial charge in [-0.05, 0) is 12.1 Å². The molecule has 2 heterocycles. The highest BCUT2D eigenvalue weighted by atomic mass is 32.2. The van der Waals surface area contributed by atoms with Crippen LogP contribution in [0.15, 0.2) is 53.6 Å². The first-order chi connectivity index (χ1) is 11.1. The maximum absolute atomic E-state index is 12.7. The molecule has 0 saturated carbocycles. The Bertz CT molecular complexity index is 784. The van der Waals surface area contributed by atoms with Crippen LogP contribution >= 0.6 is 0 Å². The van der Waals surface area contributed by atoms with Crippen molar-refractivity contribution in [1.82, 2.24) is 4.31 Å². The van der Waals surface area contributed by atoms with E-state index in [1.807, 2.05) is 43.5 Å². The van der Waals surface area contributed by atoms with Crippen LogP contribution in [-0.2, 0) is 21.3 Å². The Morgan fingerprint density at radius 1 is 1.13 bits per heavy atom. The number of ether oxygens (including phenoxy) is 1. The summed E-state index contributed by atoms with van der Waals surface area (Å²) < 4.78 is 34.3. The molecular weight excluding hydrogens is 312 g/mol. The van der Waals surface area contributed by atoms with E-state index in [1.54, 1.807) is 12.1 Å². The average Bonchev–Trinajstić information content (AvgIpc) is 2.58. The van der Waals surface area contributed by atoms with Crippen molar-refractivity contribution in [2.45, 2.75) is 18.4 Å². The zero-order chi connectivity index (χ0) is 16.3. The predicted molar refractivity (Wildman–Crippen MR) is 86.5 cm³/mol. The Labute approximate surface area is 137 Å². The highest BCUT2D eigenvalue weighted by molar-refractivity contribution is 7.89. The molecule has 0 N–H and O–H groups in total. The van der Waals surface area contributed by atoms with E-state index in [2.05, 4.69) is 4.57 Å². The monoisotopic (exact) mass is 333 g/mol. The fourth-order valence-electron chi connectivity index (χ4n) is 2.68. The van der Waals surface area contributed by atoms with Crippen molar-refractivity contribution in [2.24, 2.45) is 0 Å². The number of aryl methyl sites for hydroxylation is 1. The van der Waals surface area contributed by atoms with Crippen molar-refractivity contribution >= 4 is 10.0 Å². The lowest BCUT2D eigenvalue weighted by atomic mass is 10.2. The number of rotatable bonds is 4. The third kappa shape index (κ3) is 3.60. The van der Waals surface area contributed by atoms with Crippen LogP contribution in [0.4, 0.5) is 0 Å². The van der Waals surface area contributed by atoms with Gasteiger partial charge in [0.25, 0.3) is 0 Å². The van der Waals surface area contributed by atoms with E-state index >= 15 is 0 Å². The van der Waals surface area contributed by atoms with E-state index in [-0.39, 0.29) is 0 Å². The average molecular weight is 333 g/mol. The first-order valence-electron chi connectivity index (χ1n) is 7.69. The summed E-state index contributed by atoms with van der Waals surface area (Å²) in [7, 11) is -3.44. The molecule has 0 amide bonds. The lowest BCUT2D eigenvalue weighted by Crippen LogP contribution is -2.40. The molecule has 0 radical (unpaired) electrons. The van der Waals surface area contributed by atoms with E-state index in [1.165, 1.54) is 4.31 Å². The fourth-order valence-corrected chi connectivity index (χ4v) is 4.15. The van der Waals surface area contributed by atoms with Crippen LogP contribution < -0.4 is 4.57 Å². The number of hydrogen-bond donors (Lipinski definition) is 0. The predicted octanol–water partition coefficient (Wildman–Crippen LogP) is 1.35. The summed E-state index contributed by atoms with van der Waals surface area (Å²) in [5.41, 5.74) is 2.10. The number of hydrogen-bond acceptors (Lipinski definition) is 3. The summed E-state index contributed by atoms with van der Waals surface area (Å²) in [5.74, 6) is 0. The van der Waals surface area contributed by atoms with E-state index in [0.29, 0.717) is 37.7 Å². The minimum absolute atomic E-state index is 0.353. The van der Waals surface area contributed by atoms with Crippen molar-refractivity contribution < 1.29 is 17.7 Å². The summed E-state index contributed by atoms with van der Waals surface area (Å²) in [6.07, 6.45) is 2.00. The molecule has 23 heavy (non-hydrogen) atoms. The van der Waals surface area contributed by atoms with Crippen LogP contribution in [0.5, 0.6) is 0 Å². The Balaban J connectivity index is 1.86. The molecule has 1 aromatic carbocycles. The second-order valence-corrected chi connectivity index (χ2v) is 7.57. The molecule has 1 aliphatic heterocycles. The normalized spacial score (nSPS) is 16.4. The lowest BCUT2D eigenvalue weighted by Gasteiger charge is -2.26. The Morgan fingerprint density at radius 2 is 1.91 bits per heavy atom. The van der Waals surface area contributed by atoms with Crippen molar-refractivity contribution in [1.29, 1.82) is 0 Å². The molecular formula is C17H21N2O3S+. The number of aromatic nitrogens is 1. The van der Waals surface area contributed by atoms with Crippen LogP contribution in [0.3, 0.4) is 0 Å². The Kier molecular flexibility index (Phi) is 4.75. The molecule has 1 aromatic heterocycles. The second-order valence-electron chi connectivity index (χ2n) is 5.63. The second kappa shape index (κ2) is 6.78. The topological polar surface area (TPSA) is 50.5 Å². The lowest BCUT2D eigenvalue weighted by molar-refractivity contribution is -0.694. The third-order valence-electron chi connectivity index (χ3n) is 4.03. The highest BCUT2D eigenvalue weighted by Crippen LogP contribution is 2.18. The van der Waals surface area contributed by atoms with E-state index in [4.69, 9.17) is 4.74 Å². The van der Waals surface area contributed by atoms with Gasteiger partial charge in [-0.15, -0.1) is 0 Å². The molecule has 122 valence electrons. The van der Waals surface area contributed by atoms with Crippen LogP contribution in [0, 0.1) is 6.92 Å². The molecule has 1 saturated heterocycles. The van der Waals surface area contributed by atoms with Gasteiger partial charge in [0, 0.05) is 37.7 Å². The molecule has 0 atom stereocenters. The maximum atomic E-state index is 12.7. The highest BCUT2D eigenvalue weighted by Gasteiger charge is 2.26. The van der Waals surface area contributed by atoms with Gasteiger partial charge in [0.1, 0.15) is 0 Å². The summed E-state index contributed by atoms with van der Waals surface area (Å²) in [4.78, 5) is 0.353. The zero-order valence-electron chi connectivity index (χ0n) is 13.2. The van der Waals surface area contributed by atoms with Gasteiger partial charge in [-0.3, -0.25) is 0 Å². The zero-order valence-corrected chi connectivity index (χ0v) is 14.0. The maximum Gasteiger partial charge on any atom is 0.243 e. The number of pyridine rings is 1. The van der Waals surface area contributed by atoms with Crippen molar-refractivity contribution in [3.63, 3.8) is 0 Å². The largest absolute Gasteiger partial charge is 0.379 e. The summed E-state index contributed by atoms with van der Waals surface area (Å²) >= 11 is 0. The smallest absolute Gasteiger partial charge is 0.243 e. The number of morpholine rings is 1. The molecule has 0 spiro atoms. The van der Waals surface area contributed by atoms with Crippen LogP contribution in [0.2, 0.25) is 0 Å². The van der Waals surface area contributed by atoms with Gasteiger partial charge in [-0.2, -0.15) is 8.87 Å². The summed E-state index contributed by atoms with van der Waals surface area (Å²) in [6, 6.07) is 13.2. The van der Waals surface area contributed by atoms with Gasteiger partial charge in [-0.1, -0.05) is 18.2 Å². The Hall–Kier alpha value is -1.76. The van der Waals surface area contributed by atoms with Gasteiger partial charge in [0.15, 0.2) is 18.4 Å². The molecule has 6 heteroatoms. The quantitative estimate of drug-likeness (QED) is 0.794. The van der Waals surface area contributed by atoms with Crippen molar-refractivity contribution in [3.8, 4) is 0 Å². The molecule has 0 unspecified atom stereocenters. The first kappa shape index (κ1) is 16.1. The summed E-state index contributed by atoms with van der Waals surface area (Å²) in [6.45, 7) is 4.43. The van der Waals surface area contributed by atoms with Crippen molar-refractivity contribution in [3.05, 3.63) is 59.9 Å². The van der Waals surface area contributed by atoms with Gasteiger partial charge >= 0.3 is 0 Å². The summed E-state index contributed by atoms with van der Waals surface area (Å²) in [5, 5.41) is 0. The minimum atomic E-state index is -3.44. The SMILES string of the molecule is Cc1cccc[n+]1Cc1cccc(S(=O)(=O)N2CCOCC2)c1. The van der Waals surface area contributed by atoms with Crippen LogP contribution in [0.1, 0.15) is 11.3 Å². The number of benzene rings is 1. The number of sulfonamides is 1. The van der Waals surface area contributed by atoms with Crippen LogP contribution in [0.25, 0.3) is 0 Å². The molecule has 3 rings (SSSR count). The van der Waals surface area contributed by atoms with Gasteiger partial charge < -0.3 is 4.74 Å². The molecule has 1 aliphatic rings. The fraction of sp³-hybridized carbons (Fsp3) is 0.353. The van der Waals surface area contributed by atoms with Gasteiger partial charge in [-0.25, -0.2) is 8.42 Å². The Morgan fingerprint density at radius 3 is 2.65 bits per heavy atom. The third-order valence-corrected chi connectivity index (χ3v) is 5.92. The molecule has 1 fully saturated rings. The molecule has 5 nitrogen and oxygen atoms in total. The molecule has 2 aromatic rings. The van der Waals surface area contributed by atoms with E-state index in [0.717, 1.165) is 11.3 Å². The van der Waals surface area contributed by atoms with E-state index < -0.39 is 10.0 Å². The van der Waals surface area contributed by atoms with Crippen LogP contribution in [-0.4, -0.2) is 39.0 Å². The minimum Gasteiger partial charge on any atom is -0.379 e. The van der Waals surface area contributed by atoms with Gasteiger partial charge in [0.05, 0.1) is 18.1 Å². The molecule has 0 aliphatic carbocycles. The number of nitrogens with zero attached hydrogens (tertiary/aromatic N) is 2. The van der Waals surface area contributed by atoms with Gasteiger partial charge in [0.2, 0.25) is 10.0 Å². The first-order valence-corrected chi connectivity index (χ1v) is 9.13. The van der Waals surface area contributed by atoms with E-state index in [9.17, 15) is 8.42 Å². The molecule has 0 bridgehead atoms.